The Morgan fingerprint density at radius 2 is 2.21 bits per heavy atom. The normalized spacial score (nSPS) is 25.5. The molecule has 9 heteroatoms. The van der Waals surface area contributed by atoms with Gasteiger partial charge in [-0.15, -0.1) is 11.6 Å². The van der Waals surface area contributed by atoms with Gasteiger partial charge in [0.15, 0.2) is 9.84 Å². The quantitative estimate of drug-likeness (QED) is 0.488. The predicted molar refractivity (Wildman–Crippen MR) is 78.4 cm³/mol. The van der Waals surface area contributed by atoms with Crippen molar-refractivity contribution in [2.45, 2.75) is 11.4 Å². The lowest BCUT2D eigenvalue weighted by molar-refractivity contribution is 0.187. The third-order valence-corrected chi connectivity index (χ3v) is 5.39. The van der Waals surface area contributed by atoms with Crippen LogP contribution in [0.2, 0.25) is 0 Å². The second-order valence-electron chi connectivity index (χ2n) is 4.51. The maximum atomic E-state index is 11.4. The van der Waals surface area contributed by atoms with Crippen molar-refractivity contribution in [3.05, 3.63) is 0 Å². The van der Waals surface area contributed by atoms with E-state index in [1.54, 1.807) is 0 Å². The van der Waals surface area contributed by atoms with E-state index >= 15 is 0 Å². The van der Waals surface area contributed by atoms with Crippen LogP contribution in [-0.4, -0.2) is 79.9 Å². The van der Waals surface area contributed by atoms with Gasteiger partial charge in [0.25, 0.3) is 5.17 Å². The average Bonchev–Trinajstić information content (AvgIpc) is 2.52. The van der Waals surface area contributed by atoms with Gasteiger partial charge < -0.3 is 20.1 Å². The van der Waals surface area contributed by atoms with Crippen LogP contribution in [0, 0.1) is 0 Å². The molecule has 0 aliphatic carbocycles. The highest BCUT2D eigenvalue weighted by molar-refractivity contribution is 7.91. The van der Waals surface area contributed by atoms with Crippen molar-refractivity contribution in [2.75, 3.05) is 44.9 Å². The average molecular weight is 331 g/mol. The van der Waals surface area contributed by atoms with E-state index < -0.39 is 21.3 Å². The Hall–Kier alpha value is -0.150. The molecule has 1 rings (SSSR count). The standard InChI is InChI=1S/C10H19ClN2O4S2/c1-13(2-4-14)3-5-17-10(18)12-9-7-19(15,16)6-8(9)11/h8-9,14H,2-7H2,1H3,(H,12,18)/t8-,9+/m1/s1. The smallest absolute Gasteiger partial charge is 0.256 e. The topological polar surface area (TPSA) is 78.9 Å². The van der Waals surface area contributed by atoms with Gasteiger partial charge in [-0.25, -0.2) is 8.42 Å². The van der Waals surface area contributed by atoms with Crippen molar-refractivity contribution in [1.82, 2.24) is 10.2 Å². The number of nitrogens with zero attached hydrogens (tertiary/aromatic N) is 1. The predicted octanol–water partition coefficient (Wildman–Crippen LogP) is -0.794. The third-order valence-electron chi connectivity index (χ3n) is 2.77. The van der Waals surface area contributed by atoms with Gasteiger partial charge in [0.05, 0.1) is 29.5 Å². The van der Waals surface area contributed by atoms with E-state index in [1.165, 1.54) is 0 Å². The summed E-state index contributed by atoms with van der Waals surface area (Å²) in [6, 6.07) is -0.394. The maximum absolute atomic E-state index is 11.4. The number of hydrogen-bond acceptors (Lipinski definition) is 6. The molecule has 1 saturated heterocycles. The van der Waals surface area contributed by atoms with Crippen molar-refractivity contribution in [3.8, 4) is 0 Å². The lowest BCUT2D eigenvalue weighted by Crippen LogP contribution is -2.41. The molecule has 0 saturated carbocycles. The van der Waals surface area contributed by atoms with E-state index in [1.807, 2.05) is 11.9 Å². The molecule has 6 nitrogen and oxygen atoms in total. The number of sulfone groups is 1. The van der Waals surface area contributed by atoms with E-state index in [-0.39, 0.29) is 23.3 Å². The largest absolute Gasteiger partial charge is 0.470 e. The first kappa shape index (κ1) is 16.9. The van der Waals surface area contributed by atoms with E-state index in [4.69, 9.17) is 33.7 Å². The van der Waals surface area contributed by atoms with E-state index in [0.717, 1.165) is 0 Å². The van der Waals surface area contributed by atoms with Crippen molar-refractivity contribution in [2.24, 2.45) is 0 Å². The number of halogens is 1. The van der Waals surface area contributed by atoms with Gasteiger partial charge in [-0.2, -0.15) is 0 Å². The lowest BCUT2D eigenvalue weighted by Gasteiger charge is -2.19. The van der Waals surface area contributed by atoms with Crippen molar-refractivity contribution >= 4 is 38.8 Å². The first-order valence-electron chi connectivity index (χ1n) is 5.91. The van der Waals surface area contributed by atoms with Gasteiger partial charge in [-0.3, -0.25) is 0 Å². The minimum absolute atomic E-state index is 0.0188. The molecule has 2 N–H and O–H groups in total. The summed E-state index contributed by atoms with van der Waals surface area (Å²) in [4.78, 5) is 1.90. The maximum Gasteiger partial charge on any atom is 0.256 e. The fraction of sp³-hybridized carbons (Fsp3) is 0.900. The van der Waals surface area contributed by atoms with Gasteiger partial charge in [0.2, 0.25) is 0 Å². The summed E-state index contributed by atoms with van der Waals surface area (Å²) in [6.45, 7) is 1.64. The zero-order chi connectivity index (χ0) is 14.5. The minimum Gasteiger partial charge on any atom is -0.470 e. The van der Waals surface area contributed by atoms with E-state index in [2.05, 4.69) is 5.32 Å². The molecule has 19 heavy (non-hydrogen) atoms. The fourth-order valence-corrected chi connectivity index (χ4v) is 4.49. The second kappa shape index (κ2) is 7.58. The number of aliphatic hydroxyl groups excluding tert-OH is 1. The molecule has 0 radical (unpaired) electrons. The zero-order valence-corrected chi connectivity index (χ0v) is 13.1. The van der Waals surface area contributed by atoms with Crippen molar-refractivity contribution < 1.29 is 18.3 Å². The van der Waals surface area contributed by atoms with Crippen LogP contribution in [0.25, 0.3) is 0 Å². The van der Waals surface area contributed by atoms with Crippen LogP contribution in [0.15, 0.2) is 0 Å². The first-order valence-corrected chi connectivity index (χ1v) is 8.58. The number of alkyl halides is 1. The van der Waals surface area contributed by atoms with Gasteiger partial charge in [-0.05, 0) is 19.3 Å². The highest BCUT2D eigenvalue weighted by atomic mass is 35.5. The van der Waals surface area contributed by atoms with Crippen LogP contribution >= 0.6 is 23.8 Å². The monoisotopic (exact) mass is 330 g/mol. The molecule has 1 heterocycles. The van der Waals surface area contributed by atoms with Gasteiger partial charge in [-0.1, -0.05) is 0 Å². The highest BCUT2D eigenvalue weighted by Gasteiger charge is 2.36. The van der Waals surface area contributed by atoms with E-state index in [0.29, 0.717) is 19.7 Å². The molecule has 0 aromatic heterocycles. The summed E-state index contributed by atoms with van der Waals surface area (Å²) >= 11 is 10.9. The van der Waals surface area contributed by atoms with Crippen LogP contribution in [0.1, 0.15) is 0 Å². The van der Waals surface area contributed by atoms with Crippen LogP contribution < -0.4 is 5.32 Å². The van der Waals surface area contributed by atoms with Crippen LogP contribution in [-0.2, 0) is 14.6 Å². The summed E-state index contributed by atoms with van der Waals surface area (Å²) < 4.78 is 28.0. The molecule has 0 spiro atoms. The van der Waals surface area contributed by atoms with Crippen LogP contribution in [0.3, 0.4) is 0 Å². The number of nitrogens with one attached hydrogen (secondary N) is 1. The summed E-state index contributed by atoms with van der Waals surface area (Å²) in [6.07, 6.45) is 0. The zero-order valence-electron chi connectivity index (χ0n) is 10.7. The van der Waals surface area contributed by atoms with E-state index in [9.17, 15) is 8.42 Å². The Morgan fingerprint density at radius 3 is 2.74 bits per heavy atom. The molecule has 2 atom stereocenters. The molecule has 0 aromatic carbocycles. The molecule has 0 amide bonds. The SMILES string of the molecule is CN(CCO)CCOC(=S)N[C@H]1CS(=O)(=O)C[C@H]1Cl. The molecule has 1 aliphatic rings. The Morgan fingerprint density at radius 1 is 1.53 bits per heavy atom. The van der Waals surface area contributed by atoms with Crippen LogP contribution in [0.5, 0.6) is 0 Å². The molecular weight excluding hydrogens is 312 g/mol. The van der Waals surface area contributed by atoms with Gasteiger partial charge in [0, 0.05) is 13.1 Å². The van der Waals surface area contributed by atoms with Crippen molar-refractivity contribution in [3.63, 3.8) is 0 Å². The minimum atomic E-state index is -3.08. The van der Waals surface area contributed by atoms with Gasteiger partial charge in [0.1, 0.15) is 6.61 Å². The second-order valence-corrected chi connectivity index (χ2v) is 7.59. The molecule has 1 aliphatic heterocycles. The van der Waals surface area contributed by atoms with Crippen molar-refractivity contribution in [1.29, 1.82) is 0 Å². The number of ether oxygens (including phenoxy) is 1. The summed E-state index contributed by atoms with van der Waals surface area (Å²) in [5.74, 6) is -0.0524. The molecule has 0 bridgehead atoms. The number of aliphatic hydroxyl groups is 1. The first-order chi connectivity index (χ1) is 8.84. The lowest BCUT2D eigenvalue weighted by atomic mass is 10.3. The summed E-state index contributed by atoms with van der Waals surface area (Å²) in [7, 11) is -1.22. The molecule has 1 fully saturated rings. The fourth-order valence-electron chi connectivity index (χ4n) is 1.71. The Kier molecular flexibility index (Phi) is 6.75. The summed E-state index contributed by atoms with van der Waals surface area (Å²) in [5, 5.41) is 11.2. The van der Waals surface area contributed by atoms with Crippen LogP contribution in [0.4, 0.5) is 0 Å². The number of likely N-dealkylation sites (N-methyl/N-ethyl adjacent to an activating group) is 1. The Bertz CT molecular complexity index is 404. The summed E-state index contributed by atoms with van der Waals surface area (Å²) in [5.41, 5.74) is 0. The van der Waals surface area contributed by atoms with Gasteiger partial charge >= 0.3 is 0 Å². The third kappa shape index (κ3) is 6.22. The number of thiocarbonyl (C=S) groups is 1. The molecule has 0 unspecified atom stereocenters. The molecule has 0 aromatic rings. The number of rotatable bonds is 6. The molecular formula is C10H19ClN2O4S2. The Labute approximate surface area is 124 Å². The molecule has 112 valence electrons. The Balaban J connectivity index is 2.25. The number of hydrogen-bond donors (Lipinski definition) is 2. The highest BCUT2D eigenvalue weighted by Crippen LogP contribution is 2.17.